The molecule has 126 valence electrons. The van der Waals surface area contributed by atoms with Gasteiger partial charge in [0.1, 0.15) is 6.61 Å². The topological polar surface area (TPSA) is 38.5 Å². The Labute approximate surface area is 126 Å². The largest absolute Gasteiger partial charge is 0.411 e. The van der Waals surface area contributed by atoms with Gasteiger partial charge in [0.25, 0.3) is 0 Å². The Balaban J connectivity index is 2.42. The second kappa shape index (κ2) is 8.34. The molecule has 0 radical (unpaired) electrons. The van der Waals surface area contributed by atoms with E-state index in [4.69, 9.17) is 5.73 Å². The smallest absolute Gasteiger partial charge is 0.372 e. The van der Waals surface area contributed by atoms with E-state index in [2.05, 4.69) is 23.5 Å². The van der Waals surface area contributed by atoms with Gasteiger partial charge in [-0.25, -0.2) is 0 Å². The van der Waals surface area contributed by atoms with Gasteiger partial charge in [-0.05, 0) is 31.7 Å². The predicted octanol–water partition coefficient (Wildman–Crippen LogP) is 3.18. The van der Waals surface area contributed by atoms with Crippen LogP contribution in [0.4, 0.5) is 13.2 Å². The Bertz CT molecular complexity index is 299. The van der Waals surface area contributed by atoms with Gasteiger partial charge in [0.15, 0.2) is 0 Å². The Hall–Kier alpha value is -0.330. The summed E-state index contributed by atoms with van der Waals surface area (Å²) in [5, 5.41) is 0. The van der Waals surface area contributed by atoms with E-state index < -0.39 is 12.8 Å². The molecular weight excluding hydrogens is 281 g/mol. The molecule has 1 rings (SSSR count). The number of halogens is 3. The van der Waals surface area contributed by atoms with Crippen molar-refractivity contribution in [1.82, 2.24) is 4.90 Å². The summed E-state index contributed by atoms with van der Waals surface area (Å²) in [7, 11) is 0. The highest BCUT2D eigenvalue weighted by molar-refractivity contribution is 4.95. The van der Waals surface area contributed by atoms with E-state index in [1.807, 2.05) is 0 Å². The van der Waals surface area contributed by atoms with Gasteiger partial charge in [-0.3, -0.25) is 4.90 Å². The number of hydrogen-bond donors (Lipinski definition) is 1. The minimum Gasteiger partial charge on any atom is -0.372 e. The third-order valence-corrected chi connectivity index (χ3v) is 4.48. The molecule has 0 heterocycles. The number of hydrogen-bond acceptors (Lipinski definition) is 3. The molecule has 0 aromatic rings. The lowest BCUT2D eigenvalue weighted by Crippen LogP contribution is -2.56. The second-order valence-electron chi connectivity index (χ2n) is 6.23. The van der Waals surface area contributed by atoms with Gasteiger partial charge in [0.2, 0.25) is 0 Å². The molecule has 0 aromatic carbocycles. The number of nitrogens with zero attached hydrogens (tertiary/aromatic N) is 1. The van der Waals surface area contributed by atoms with Crippen LogP contribution in [0.25, 0.3) is 0 Å². The minimum absolute atomic E-state index is 0.0242. The van der Waals surface area contributed by atoms with Crippen molar-refractivity contribution in [2.75, 3.05) is 32.8 Å². The molecule has 21 heavy (non-hydrogen) atoms. The molecule has 2 N–H and O–H groups in total. The van der Waals surface area contributed by atoms with Crippen molar-refractivity contribution < 1.29 is 17.9 Å². The van der Waals surface area contributed by atoms with Crippen molar-refractivity contribution in [1.29, 1.82) is 0 Å². The normalized spacial score (nSPS) is 27.3. The fourth-order valence-electron chi connectivity index (χ4n) is 3.51. The number of alkyl halides is 3. The van der Waals surface area contributed by atoms with Crippen LogP contribution in [0.1, 0.15) is 46.0 Å². The second-order valence-corrected chi connectivity index (χ2v) is 6.23. The maximum absolute atomic E-state index is 12.0. The van der Waals surface area contributed by atoms with Crippen LogP contribution >= 0.6 is 0 Å². The van der Waals surface area contributed by atoms with Gasteiger partial charge in [0.05, 0.1) is 0 Å². The Morgan fingerprint density at radius 1 is 1.38 bits per heavy atom. The molecule has 0 aliphatic heterocycles. The Morgan fingerprint density at radius 3 is 2.62 bits per heavy atom. The number of likely N-dealkylation sites (N-methyl/N-ethyl adjacent to an activating group) is 1. The van der Waals surface area contributed by atoms with E-state index in [1.54, 1.807) is 0 Å². The van der Waals surface area contributed by atoms with Gasteiger partial charge < -0.3 is 10.5 Å². The summed E-state index contributed by atoms with van der Waals surface area (Å²) < 4.78 is 40.7. The fourth-order valence-corrected chi connectivity index (χ4v) is 3.51. The summed E-state index contributed by atoms with van der Waals surface area (Å²) in [6, 6.07) is 0. The van der Waals surface area contributed by atoms with Crippen LogP contribution in [0, 0.1) is 5.92 Å². The molecule has 0 aromatic heterocycles. The standard InChI is InChI=1S/C15H29F3N2O/c1-3-20(8-5-9-21-12-15(16,17)18)14(11-19)7-4-6-13(2)10-14/h13H,3-12,19H2,1-2H3. The maximum atomic E-state index is 12.0. The first kappa shape index (κ1) is 18.7. The molecule has 1 aliphatic carbocycles. The third kappa shape index (κ3) is 6.12. The van der Waals surface area contributed by atoms with E-state index in [9.17, 15) is 13.2 Å². The molecule has 2 unspecified atom stereocenters. The summed E-state index contributed by atoms with van der Waals surface area (Å²) in [6.45, 7) is 5.58. The lowest BCUT2D eigenvalue weighted by atomic mass is 9.75. The van der Waals surface area contributed by atoms with E-state index in [0.717, 1.165) is 25.9 Å². The van der Waals surface area contributed by atoms with E-state index in [-0.39, 0.29) is 12.1 Å². The van der Waals surface area contributed by atoms with Crippen molar-refractivity contribution in [3.8, 4) is 0 Å². The highest BCUT2D eigenvalue weighted by Gasteiger charge is 2.38. The van der Waals surface area contributed by atoms with Crippen LogP contribution < -0.4 is 5.73 Å². The first-order chi connectivity index (χ1) is 9.83. The molecule has 0 bridgehead atoms. The number of ether oxygens (including phenoxy) is 1. The average molecular weight is 310 g/mol. The lowest BCUT2D eigenvalue weighted by Gasteiger charge is -2.47. The zero-order valence-corrected chi connectivity index (χ0v) is 13.2. The summed E-state index contributed by atoms with van der Waals surface area (Å²) in [5.74, 6) is 0.665. The summed E-state index contributed by atoms with van der Waals surface area (Å²) in [5.41, 5.74) is 6.07. The molecule has 0 spiro atoms. The van der Waals surface area contributed by atoms with Gasteiger partial charge in [-0.1, -0.05) is 26.7 Å². The maximum Gasteiger partial charge on any atom is 0.411 e. The SMILES string of the molecule is CCN(CCCOCC(F)(F)F)C1(CN)CCCC(C)C1. The van der Waals surface area contributed by atoms with Gasteiger partial charge in [-0.2, -0.15) is 13.2 Å². The predicted molar refractivity (Wildman–Crippen MR) is 78.2 cm³/mol. The molecule has 1 saturated carbocycles. The first-order valence-corrected chi connectivity index (χ1v) is 7.92. The van der Waals surface area contributed by atoms with Crippen LogP contribution in [-0.2, 0) is 4.74 Å². The van der Waals surface area contributed by atoms with Crippen LogP contribution in [-0.4, -0.2) is 49.5 Å². The lowest BCUT2D eigenvalue weighted by molar-refractivity contribution is -0.174. The number of nitrogens with two attached hydrogens (primary N) is 1. The molecule has 0 saturated heterocycles. The molecule has 1 aliphatic rings. The third-order valence-electron chi connectivity index (χ3n) is 4.48. The van der Waals surface area contributed by atoms with Crippen molar-refractivity contribution >= 4 is 0 Å². The Kier molecular flexibility index (Phi) is 7.44. The zero-order valence-electron chi connectivity index (χ0n) is 13.2. The fraction of sp³-hybridized carbons (Fsp3) is 1.00. The van der Waals surface area contributed by atoms with E-state index in [1.165, 1.54) is 12.8 Å². The molecule has 6 heteroatoms. The van der Waals surface area contributed by atoms with Crippen LogP contribution in [0.3, 0.4) is 0 Å². The highest BCUT2D eigenvalue weighted by atomic mass is 19.4. The minimum atomic E-state index is -4.23. The molecule has 0 amide bonds. The molecule has 1 fully saturated rings. The first-order valence-electron chi connectivity index (χ1n) is 7.92. The monoisotopic (exact) mass is 310 g/mol. The van der Waals surface area contributed by atoms with E-state index in [0.29, 0.717) is 18.9 Å². The van der Waals surface area contributed by atoms with Gasteiger partial charge in [-0.15, -0.1) is 0 Å². The van der Waals surface area contributed by atoms with Crippen LogP contribution in [0.5, 0.6) is 0 Å². The zero-order chi connectivity index (χ0) is 15.9. The molecular formula is C15H29F3N2O. The quantitative estimate of drug-likeness (QED) is 0.700. The molecule has 3 nitrogen and oxygen atoms in total. The number of rotatable bonds is 8. The summed E-state index contributed by atoms with van der Waals surface area (Å²) >= 11 is 0. The van der Waals surface area contributed by atoms with Gasteiger partial charge >= 0.3 is 6.18 Å². The van der Waals surface area contributed by atoms with Gasteiger partial charge in [0, 0.05) is 25.2 Å². The van der Waals surface area contributed by atoms with Crippen LogP contribution in [0.15, 0.2) is 0 Å². The Morgan fingerprint density at radius 2 is 2.10 bits per heavy atom. The summed E-state index contributed by atoms with van der Waals surface area (Å²) in [4.78, 5) is 2.35. The highest BCUT2D eigenvalue weighted by Crippen LogP contribution is 2.36. The van der Waals surface area contributed by atoms with Crippen molar-refractivity contribution in [3.63, 3.8) is 0 Å². The van der Waals surface area contributed by atoms with E-state index >= 15 is 0 Å². The van der Waals surface area contributed by atoms with Crippen LogP contribution in [0.2, 0.25) is 0 Å². The summed E-state index contributed by atoms with van der Waals surface area (Å²) in [6.07, 6.45) is 0.973. The van der Waals surface area contributed by atoms with Crippen molar-refractivity contribution in [2.24, 2.45) is 11.7 Å². The van der Waals surface area contributed by atoms with Crippen molar-refractivity contribution in [3.05, 3.63) is 0 Å². The van der Waals surface area contributed by atoms with Crippen molar-refractivity contribution in [2.45, 2.75) is 57.7 Å². The average Bonchev–Trinajstić information content (AvgIpc) is 2.41. The molecule has 2 atom stereocenters.